The molecule has 1 atom stereocenters. The molecule has 1 aromatic heterocycles. The molecule has 4 bridgehead atoms. The molecule has 4 aliphatic carbocycles. The molecule has 102 valence electrons. The first-order valence-electron chi connectivity index (χ1n) is 8.22. The Labute approximate surface area is 115 Å². The van der Waals surface area contributed by atoms with Gasteiger partial charge in [-0.25, -0.2) is 0 Å². The fourth-order valence-corrected chi connectivity index (χ4v) is 6.43. The van der Waals surface area contributed by atoms with Crippen LogP contribution in [0, 0.1) is 23.2 Å². The number of aromatic nitrogens is 1. The van der Waals surface area contributed by atoms with E-state index in [1.165, 1.54) is 37.9 Å². The van der Waals surface area contributed by atoms with Crippen molar-refractivity contribution in [3.8, 4) is 0 Å². The van der Waals surface area contributed by atoms with Crippen LogP contribution < -0.4 is 5.32 Å². The molecule has 1 aliphatic heterocycles. The van der Waals surface area contributed by atoms with Crippen LogP contribution in [-0.2, 0) is 6.42 Å². The number of aromatic amines is 1. The molecular formula is C17H24N2. The van der Waals surface area contributed by atoms with Gasteiger partial charge in [0, 0.05) is 30.9 Å². The van der Waals surface area contributed by atoms with Crippen LogP contribution in [0.25, 0.3) is 0 Å². The molecule has 0 aromatic carbocycles. The maximum absolute atomic E-state index is 3.90. The SMILES string of the molecule is c1cc2c([nH]1)CCNC2C12CC3CC(CC(C3)C1)C2. The molecule has 4 saturated carbocycles. The van der Waals surface area contributed by atoms with Crippen molar-refractivity contribution < 1.29 is 0 Å². The van der Waals surface area contributed by atoms with E-state index in [1.54, 1.807) is 24.8 Å². The van der Waals surface area contributed by atoms with Crippen molar-refractivity contribution in [2.45, 2.75) is 51.0 Å². The Morgan fingerprint density at radius 3 is 2.37 bits per heavy atom. The first-order chi connectivity index (χ1) is 9.32. The van der Waals surface area contributed by atoms with E-state index in [0.717, 1.165) is 17.8 Å². The first-order valence-corrected chi connectivity index (χ1v) is 8.22. The van der Waals surface area contributed by atoms with Gasteiger partial charge >= 0.3 is 0 Å². The van der Waals surface area contributed by atoms with Crippen molar-refractivity contribution in [1.29, 1.82) is 0 Å². The van der Waals surface area contributed by atoms with Gasteiger partial charge in [-0.1, -0.05) is 0 Å². The molecule has 0 amide bonds. The third-order valence-electron chi connectivity index (χ3n) is 6.60. The van der Waals surface area contributed by atoms with Gasteiger partial charge in [-0.05, 0) is 73.3 Å². The summed E-state index contributed by atoms with van der Waals surface area (Å²) in [5, 5.41) is 3.90. The van der Waals surface area contributed by atoms with Crippen LogP contribution in [0.5, 0.6) is 0 Å². The molecule has 6 rings (SSSR count). The molecule has 2 heteroatoms. The predicted octanol–water partition coefficient (Wildman–Crippen LogP) is 3.42. The minimum absolute atomic E-state index is 0.603. The third kappa shape index (κ3) is 1.47. The second-order valence-corrected chi connectivity index (χ2v) is 7.83. The van der Waals surface area contributed by atoms with E-state index >= 15 is 0 Å². The minimum atomic E-state index is 0.603. The zero-order chi connectivity index (χ0) is 12.4. The van der Waals surface area contributed by atoms with Crippen molar-refractivity contribution in [1.82, 2.24) is 10.3 Å². The maximum atomic E-state index is 3.90. The summed E-state index contributed by atoms with van der Waals surface area (Å²) < 4.78 is 0. The van der Waals surface area contributed by atoms with Crippen LogP contribution in [0.15, 0.2) is 12.3 Å². The average molecular weight is 256 g/mol. The molecule has 0 saturated heterocycles. The summed E-state index contributed by atoms with van der Waals surface area (Å²) in [6, 6.07) is 3.00. The Morgan fingerprint density at radius 2 is 1.68 bits per heavy atom. The quantitative estimate of drug-likeness (QED) is 0.791. The molecule has 4 fully saturated rings. The van der Waals surface area contributed by atoms with E-state index in [1.807, 2.05) is 0 Å². The molecule has 5 aliphatic rings. The van der Waals surface area contributed by atoms with E-state index in [9.17, 15) is 0 Å². The molecular weight excluding hydrogens is 232 g/mol. The number of H-pyrrole nitrogens is 1. The summed E-state index contributed by atoms with van der Waals surface area (Å²) in [5.74, 6) is 3.16. The Morgan fingerprint density at radius 1 is 1.00 bits per heavy atom. The lowest BCUT2D eigenvalue weighted by molar-refractivity contribution is -0.0759. The first kappa shape index (κ1) is 11.0. The summed E-state index contributed by atoms with van der Waals surface area (Å²) in [7, 11) is 0. The van der Waals surface area contributed by atoms with E-state index in [-0.39, 0.29) is 0 Å². The minimum Gasteiger partial charge on any atom is -0.365 e. The zero-order valence-corrected chi connectivity index (χ0v) is 11.6. The highest BCUT2D eigenvalue weighted by molar-refractivity contribution is 5.30. The summed E-state index contributed by atoms with van der Waals surface area (Å²) >= 11 is 0. The van der Waals surface area contributed by atoms with Gasteiger partial charge < -0.3 is 10.3 Å². The summed E-state index contributed by atoms with van der Waals surface area (Å²) in [4.78, 5) is 3.48. The maximum Gasteiger partial charge on any atom is 0.0395 e. The van der Waals surface area contributed by atoms with Gasteiger partial charge in [0.05, 0.1) is 0 Å². The fraction of sp³-hybridized carbons (Fsp3) is 0.765. The van der Waals surface area contributed by atoms with Crippen molar-refractivity contribution in [3.05, 3.63) is 23.5 Å². The van der Waals surface area contributed by atoms with Crippen LogP contribution in [0.3, 0.4) is 0 Å². The van der Waals surface area contributed by atoms with Gasteiger partial charge in [0.1, 0.15) is 0 Å². The second-order valence-electron chi connectivity index (χ2n) is 7.83. The van der Waals surface area contributed by atoms with E-state index in [0.29, 0.717) is 11.5 Å². The van der Waals surface area contributed by atoms with Crippen LogP contribution in [0.4, 0.5) is 0 Å². The van der Waals surface area contributed by atoms with E-state index in [2.05, 4.69) is 22.6 Å². The number of nitrogens with one attached hydrogen (secondary N) is 2. The topological polar surface area (TPSA) is 27.8 Å². The lowest BCUT2D eigenvalue weighted by Gasteiger charge is -2.60. The Hall–Kier alpha value is -0.760. The van der Waals surface area contributed by atoms with Crippen molar-refractivity contribution in [3.63, 3.8) is 0 Å². The lowest BCUT2D eigenvalue weighted by Crippen LogP contribution is -2.53. The smallest absolute Gasteiger partial charge is 0.0395 e. The van der Waals surface area contributed by atoms with Crippen LogP contribution in [-0.4, -0.2) is 11.5 Å². The zero-order valence-electron chi connectivity index (χ0n) is 11.6. The highest BCUT2D eigenvalue weighted by atomic mass is 15.0. The molecule has 1 unspecified atom stereocenters. The normalized spacial score (nSPS) is 47.4. The Balaban J connectivity index is 1.57. The molecule has 0 spiro atoms. The monoisotopic (exact) mass is 256 g/mol. The van der Waals surface area contributed by atoms with Gasteiger partial charge in [0.25, 0.3) is 0 Å². The lowest BCUT2D eigenvalue weighted by atomic mass is 9.47. The van der Waals surface area contributed by atoms with Crippen LogP contribution in [0.2, 0.25) is 0 Å². The number of hydrogen-bond acceptors (Lipinski definition) is 1. The Bertz CT molecular complexity index is 466. The van der Waals surface area contributed by atoms with Gasteiger partial charge in [0.2, 0.25) is 0 Å². The highest BCUT2D eigenvalue weighted by Gasteiger charge is 2.55. The summed E-state index contributed by atoms with van der Waals surface area (Å²) in [6.45, 7) is 1.17. The largest absolute Gasteiger partial charge is 0.365 e. The highest BCUT2D eigenvalue weighted by Crippen LogP contribution is 2.64. The van der Waals surface area contributed by atoms with Crippen molar-refractivity contribution in [2.75, 3.05) is 6.54 Å². The van der Waals surface area contributed by atoms with Gasteiger partial charge in [-0.2, -0.15) is 0 Å². The van der Waals surface area contributed by atoms with E-state index in [4.69, 9.17) is 0 Å². The molecule has 1 aromatic rings. The van der Waals surface area contributed by atoms with Crippen LogP contribution in [0.1, 0.15) is 55.8 Å². The molecule has 0 radical (unpaired) electrons. The Kier molecular flexibility index (Phi) is 2.11. The molecule has 2 heterocycles. The predicted molar refractivity (Wildman–Crippen MR) is 75.8 cm³/mol. The molecule has 2 nitrogen and oxygen atoms in total. The standard InChI is InChI=1S/C17H24N2/c1-3-18-15-2-4-19-16(14(1)15)17-8-11-5-12(9-17)7-13(6-11)10-17/h1,3,11-13,16,18-19H,2,4-10H2. The summed E-state index contributed by atoms with van der Waals surface area (Å²) in [5.41, 5.74) is 3.72. The third-order valence-corrected chi connectivity index (χ3v) is 6.60. The molecule has 19 heavy (non-hydrogen) atoms. The number of hydrogen-bond donors (Lipinski definition) is 2. The van der Waals surface area contributed by atoms with Gasteiger partial charge in [-0.3, -0.25) is 0 Å². The molecule has 2 N–H and O–H groups in total. The van der Waals surface area contributed by atoms with Gasteiger partial charge in [-0.15, -0.1) is 0 Å². The fourth-order valence-electron chi connectivity index (χ4n) is 6.43. The second kappa shape index (κ2) is 3.66. The number of fused-ring (bicyclic) bond motifs is 1. The van der Waals surface area contributed by atoms with Crippen molar-refractivity contribution in [2.24, 2.45) is 23.2 Å². The number of rotatable bonds is 1. The van der Waals surface area contributed by atoms with Crippen LogP contribution >= 0.6 is 0 Å². The summed E-state index contributed by atoms with van der Waals surface area (Å²) in [6.07, 6.45) is 12.5. The van der Waals surface area contributed by atoms with Gasteiger partial charge in [0.15, 0.2) is 0 Å². The van der Waals surface area contributed by atoms with E-state index < -0.39 is 0 Å². The van der Waals surface area contributed by atoms with Crippen molar-refractivity contribution >= 4 is 0 Å². The average Bonchev–Trinajstić information content (AvgIpc) is 2.84.